The molecule has 3 rings (SSSR count). The number of para-hydroxylation sites is 1. The van der Waals surface area contributed by atoms with Gasteiger partial charge >= 0.3 is 5.97 Å². The lowest BCUT2D eigenvalue weighted by Crippen LogP contribution is -2.53. The molecule has 0 aliphatic carbocycles. The second-order valence-corrected chi connectivity index (χ2v) is 7.23. The lowest BCUT2D eigenvalue weighted by Gasteiger charge is -2.22. The van der Waals surface area contributed by atoms with Gasteiger partial charge in [0.05, 0.1) is 12.6 Å². The zero-order valence-electron chi connectivity index (χ0n) is 17.5. The number of carbonyl (C=O) groups is 3. The molecule has 160 valence electrons. The molecule has 2 atom stereocenters. The van der Waals surface area contributed by atoms with Gasteiger partial charge in [0, 0.05) is 30.8 Å². The van der Waals surface area contributed by atoms with Crippen LogP contribution in [0.2, 0.25) is 0 Å². The van der Waals surface area contributed by atoms with Crippen molar-refractivity contribution in [1.29, 1.82) is 0 Å². The number of aromatic nitrogens is 1. The molecule has 0 saturated carbocycles. The van der Waals surface area contributed by atoms with Crippen LogP contribution in [0.4, 0.5) is 0 Å². The molecule has 3 aromatic rings. The summed E-state index contributed by atoms with van der Waals surface area (Å²) in [6, 6.07) is 19.0. The van der Waals surface area contributed by atoms with E-state index in [-0.39, 0.29) is 12.3 Å². The Balaban J connectivity index is 1.77. The summed E-state index contributed by atoms with van der Waals surface area (Å²) in [5.41, 5.74) is 2.34. The van der Waals surface area contributed by atoms with Crippen molar-refractivity contribution in [3.63, 3.8) is 0 Å². The fourth-order valence-corrected chi connectivity index (χ4v) is 3.34. The van der Waals surface area contributed by atoms with Crippen molar-refractivity contribution < 1.29 is 19.1 Å². The molecule has 0 aliphatic heterocycles. The van der Waals surface area contributed by atoms with Gasteiger partial charge in [-0.1, -0.05) is 54.6 Å². The number of nitrogens with one attached hydrogen (secondary N) is 2. The normalized spacial score (nSPS) is 12.6. The molecule has 2 N–H and O–H groups in total. The number of esters is 1. The van der Waals surface area contributed by atoms with Gasteiger partial charge in [0.2, 0.25) is 11.8 Å². The molecule has 0 fully saturated rings. The molecule has 7 heteroatoms. The topological polar surface area (TPSA) is 97.4 Å². The number of hydrogen-bond donors (Lipinski definition) is 2. The number of carbonyl (C=O) groups excluding carboxylic acids is 3. The van der Waals surface area contributed by atoms with Gasteiger partial charge in [0.25, 0.3) is 0 Å². The molecule has 0 spiro atoms. The predicted octanol–water partition coefficient (Wildman–Crippen LogP) is 2.18. The average molecular weight is 419 g/mol. The summed E-state index contributed by atoms with van der Waals surface area (Å²) in [5, 5.41) is 6.37. The van der Waals surface area contributed by atoms with Crippen LogP contribution in [0.5, 0.6) is 0 Å². The molecular formula is C24H25N3O4. The molecule has 1 heterocycles. The van der Waals surface area contributed by atoms with E-state index in [9.17, 15) is 14.4 Å². The highest BCUT2D eigenvalue weighted by Gasteiger charge is 2.27. The molecular weight excluding hydrogens is 394 g/mol. The Morgan fingerprint density at radius 3 is 2.29 bits per heavy atom. The maximum absolute atomic E-state index is 13.0. The van der Waals surface area contributed by atoms with E-state index >= 15 is 0 Å². The zero-order chi connectivity index (χ0) is 22.2. The Bertz CT molecular complexity index is 1070. The lowest BCUT2D eigenvalue weighted by molar-refractivity contribution is -0.145. The van der Waals surface area contributed by atoms with Gasteiger partial charge in [-0.3, -0.25) is 14.6 Å². The van der Waals surface area contributed by atoms with E-state index in [0.29, 0.717) is 12.1 Å². The predicted molar refractivity (Wildman–Crippen MR) is 117 cm³/mol. The molecule has 0 saturated heterocycles. The number of nitrogens with zero attached hydrogens (tertiary/aromatic N) is 1. The van der Waals surface area contributed by atoms with Crippen LogP contribution in [0.15, 0.2) is 66.7 Å². The highest BCUT2D eigenvalue weighted by atomic mass is 16.5. The minimum absolute atomic E-state index is 0.168. The van der Waals surface area contributed by atoms with Gasteiger partial charge < -0.3 is 15.4 Å². The van der Waals surface area contributed by atoms with Gasteiger partial charge in [-0.2, -0.15) is 0 Å². The summed E-state index contributed by atoms with van der Waals surface area (Å²) in [5.74, 6) is -1.37. The van der Waals surface area contributed by atoms with Crippen LogP contribution in [-0.2, 0) is 32.0 Å². The number of amides is 2. The fourth-order valence-electron chi connectivity index (χ4n) is 3.34. The van der Waals surface area contributed by atoms with Crippen molar-refractivity contribution >= 4 is 28.7 Å². The molecule has 0 aliphatic rings. The quantitative estimate of drug-likeness (QED) is 0.546. The van der Waals surface area contributed by atoms with Gasteiger partial charge in [0.1, 0.15) is 12.1 Å². The summed E-state index contributed by atoms with van der Waals surface area (Å²) in [6.07, 6.45) is 0.468. The smallest absolute Gasteiger partial charge is 0.328 e. The molecule has 0 unspecified atom stereocenters. The Morgan fingerprint density at radius 2 is 1.58 bits per heavy atom. The largest absolute Gasteiger partial charge is 0.467 e. The van der Waals surface area contributed by atoms with Crippen molar-refractivity contribution in [1.82, 2.24) is 15.6 Å². The van der Waals surface area contributed by atoms with E-state index < -0.39 is 24.0 Å². The molecule has 2 aromatic carbocycles. The summed E-state index contributed by atoms with van der Waals surface area (Å²) in [4.78, 5) is 41.5. The summed E-state index contributed by atoms with van der Waals surface area (Å²) >= 11 is 0. The first-order valence-electron chi connectivity index (χ1n) is 10.00. The van der Waals surface area contributed by atoms with E-state index in [2.05, 4.69) is 15.6 Å². The van der Waals surface area contributed by atoms with E-state index in [1.807, 2.05) is 66.7 Å². The fraction of sp³-hybridized carbons (Fsp3) is 0.250. The third-order valence-electron chi connectivity index (χ3n) is 4.85. The molecule has 0 bridgehead atoms. The van der Waals surface area contributed by atoms with E-state index in [1.165, 1.54) is 14.0 Å². The second kappa shape index (κ2) is 10.3. The molecule has 0 radical (unpaired) electrons. The van der Waals surface area contributed by atoms with E-state index in [1.54, 1.807) is 0 Å². The van der Waals surface area contributed by atoms with Crippen LogP contribution in [0.1, 0.15) is 18.2 Å². The van der Waals surface area contributed by atoms with E-state index in [0.717, 1.165) is 16.5 Å². The minimum atomic E-state index is -0.932. The van der Waals surface area contributed by atoms with Crippen molar-refractivity contribution in [2.75, 3.05) is 7.11 Å². The van der Waals surface area contributed by atoms with Crippen LogP contribution >= 0.6 is 0 Å². The number of rotatable bonds is 8. The summed E-state index contributed by atoms with van der Waals surface area (Å²) < 4.78 is 4.88. The van der Waals surface area contributed by atoms with Crippen LogP contribution in [0, 0.1) is 0 Å². The van der Waals surface area contributed by atoms with Gasteiger partial charge in [0.15, 0.2) is 0 Å². The minimum Gasteiger partial charge on any atom is -0.467 e. The number of benzene rings is 2. The van der Waals surface area contributed by atoms with Crippen molar-refractivity contribution in [2.24, 2.45) is 0 Å². The van der Waals surface area contributed by atoms with Crippen LogP contribution < -0.4 is 10.6 Å². The Kier molecular flexibility index (Phi) is 7.32. The molecule has 1 aromatic heterocycles. The molecule has 2 amide bonds. The first kappa shape index (κ1) is 22.0. The monoisotopic (exact) mass is 419 g/mol. The average Bonchev–Trinajstić information content (AvgIpc) is 2.78. The van der Waals surface area contributed by atoms with Crippen LogP contribution in [-0.4, -0.2) is 42.0 Å². The standard InChI is InChI=1S/C24H25N3O4/c1-16(28)25-21(14-17-8-4-3-5-9-17)23(29)27-22(24(30)31-2)15-19-13-12-18-10-6-7-11-20(18)26-19/h3-13,21-22H,14-15H2,1-2H3,(H,25,28)(H,27,29)/t21-,22-/m1/s1. The zero-order valence-corrected chi connectivity index (χ0v) is 17.5. The maximum Gasteiger partial charge on any atom is 0.328 e. The Hall–Kier alpha value is -3.74. The Morgan fingerprint density at radius 1 is 0.871 bits per heavy atom. The summed E-state index contributed by atoms with van der Waals surface area (Å²) in [6.45, 7) is 1.35. The number of pyridine rings is 1. The van der Waals surface area contributed by atoms with E-state index in [4.69, 9.17) is 4.74 Å². The maximum atomic E-state index is 13.0. The first-order valence-corrected chi connectivity index (χ1v) is 10.00. The van der Waals surface area contributed by atoms with Gasteiger partial charge in [-0.15, -0.1) is 0 Å². The lowest BCUT2D eigenvalue weighted by atomic mass is 10.0. The van der Waals surface area contributed by atoms with Gasteiger partial charge in [-0.25, -0.2) is 4.79 Å². The van der Waals surface area contributed by atoms with Crippen LogP contribution in [0.25, 0.3) is 10.9 Å². The number of hydrogen-bond acceptors (Lipinski definition) is 5. The van der Waals surface area contributed by atoms with Crippen molar-refractivity contribution in [3.8, 4) is 0 Å². The highest BCUT2D eigenvalue weighted by molar-refractivity contribution is 5.90. The number of methoxy groups -OCH3 is 1. The third kappa shape index (κ3) is 6.12. The van der Waals surface area contributed by atoms with Crippen molar-refractivity contribution in [3.05, 3.63) is 78.0 Å². The molecule has 7 nitrogen and oxygen atoms in total. The SMILES string of the molecule is COC(=O)[C@@H](Cc1ccc2ccccc2n1)NC(=O)[C@@H](Cc1ccccc1)NC(C)=O. The highest BCUT2D eigenvalue weighted by Crippen LogP contribution is 2.13. The van der Waals surface area contributed by atoms with Gasteiger partial charge in [-0.05, 0) is 17.7 Å². The number of fused-ring (bicyclic) bond motifs is 1. The first-order chi connectivity index (χ1) is 15.0. The van der Waals surface area contributed by atoms with Crippen molar-refractivity contribution in [2.45, 2.75) is 31.8 Å². The Labute approximate surface area is 180 Å². The molecule has 31 heavy (non-hydrogen) atoms. The third-order valence-corrected chi connectivity index (χ3v) is 4.85. The number of ether oxygens (including phenoxy) is 1. The van der Waals surface area contributed by atoms with Crippen LogP contribution in [0.3, 0.4) is 0 Å². The summed E-state index contributed by atoms with van der Waals surface area (Å²) in [7, 11) is 1.27. The second-order valence-electron chi connectivity index (χ2n) is 7.23.